The lowest BCUT2D eigenvalue weighted by atomic mass is 9.94. The van der Waals surface area contributed by atoms with Gasteiger partial charge in [0.25, 0.3) is 0 Å². The van der Waals surface area contributed by atoms with Gasteiger partial charge in [-0.05, 0) is 13.0 Å². The lowest BCUT2D eigenvalue weighted by Crippen LogP contribution is -2.14. The van der Waals surface area contributed by atoms with Crippen LogP contribution in [0.5, 0.6) is 5.75 Å². The first kappa shape index (κ1) is 17.1. The summed E-state index contributed by atoms with van der Waals surface area (Å²) in [6.45, 7) is 7.49. The van der Waals surface area contributed by atoms with Crippen LogP contribution in [-0.2, 0) is 5.41 Å². The molecule has 0 N–H and O–H groups in total. The zero-order valence-corrected chi connectivity index (χ0v) is 14.0. The average molecular weight is 339 g/mol. The molecule has 0 fully saturated rings. The lowest BCUT2D eigenvalue weighted by molar-refractivity contribution is 0.338. The molecule has 1 aromatic heterocycles. The molecular formula is C16H16ClFN2O3. The van der Waals surface area contributed by atoms with Crippen molar-refractivity contribution in [3.8, 4) is 17.5 Å². The summed E-state index contributed by atoms with van der Waals surface area (Å²) in [4.78, 5) is 12.1. The van der Waals surface area contributed by atoms with E-state index in [1.54, 1.807) is 6.92 Å². The molecule has 5 nitrogen and oxygen atoms in total. The molecule has 1 heterocycles. The van der Waals surface area contributed by atoms with E-state index in [0.29, 0.717) is 6.61 Å². The van der Waals surface area contributed by atoms with Crippen molar-refractivity contribution in [1.82, 2.24) is 4.57 Å². The summed E-state index contributed by atoms with van der Waals surface area (Å²) in [5.41, 5.74) is -0.605. The number of nitriles is 1. The molecule has 0 aliphatic carbocycles. The number of hydrogen-bond donors (Lipinski definition) is 0. The van der Waals surface area contributed by atoms with Crippen molar-refractivity contribution in [1.29, 1.82) is 5.26 Å². The molecular weight excluding hydrogens is 323 g/mol. The number of aromatic nitrogens is 1. The molecule has 23 heavy (non-hydrogen) atoms. The Hall–Kier alpha value is -2.26. The van der Waals surface area contributed by atoms with E-state index < -0.39 is 17.0 Å². The highest BCUT2D eigenvalue weighted by Crippen LogP contribution is 2.32. The van der Waals surface area contributed by atoms with E-state index >= 15 is 0 Å². The Morgan fingerprint density at radius 2 is 2.09 bits per heavy atom. The SMILES string of the molecule is CCOc1cc(-n2c(Cl)c(C(C)(C)C)oc2=O)c(F)cc1C#N. The van der Waals surface area contributed by atoms with Crippen molar-refractivity contribution < 1.29 is 13.5 Å². The van der Waals surface area contributed by atoms with Crippen LogP contribution < -0.4 is 10.5 Å². The van der Waals surface area contributed by atoms with Gasteiger partial charge in [-0.1, -0.05) is 32.4 Å². The van der Waals surface area contributed by atoms with Crippen LogP contribution in [0.25, 0.3) is 5.69 Å². The molecule has 2 aromatic rings. The Kier molecular flexibility index (Phi) is 4.53. The third kappa shape index (κ3) is 3.10. The van der Waals surface area contributed by atoms with Crippen LogP contribution in [0, 0.1) is 17.1 Å². The van der Waals surface area contributed by atoms with Crippen molar-refractivity contribution in [3.63, 3.8) is 0 Å². The van der Waals surface area contributed by atoms with Gasteiger partial charge in [-0.3, -0.25) is 0 Å². The minimum Gasteiger partial charge on any atom is -0.492 e. The molecule has 0 saturated heterocycles. The van der Waals surface area contributed by atoms with Crippen molar-refractivity contribution in [2.45, 2.75) is 33.1 Å². The van der Waals surface area contributed by atoms with Gasteiger partial charge in [-0.2, -0.15) is 5.26 Å². The van der Waals surface area contributed by atoms with Crippen LogP contribution in [0.1, 0.15) is 39.0 Å². The van der Waals surface area contributed by atoms with E-state index in [9.17, 15) is 9.18 Å². The van der Waals surface area contributed by atoms with Crippen molar-refractivity contribution in [2.24, 2.45) is 0 Å². The fraction of sp³-hybridized carbons (Fsp3) is 0.375. The molecule has 0 spiro atoms. The molecule has 0 bridgehead atoms. The first-order valence-corrected chi connectivity index (χ1v) is 7.37. The summed E-state index contributed by atoms with van der Waals surface area (Å²) in [7, 11) is 0. The molecule has 1 aromatic carbocycles. The van der Waals surface area contributed by atoms with Crippen LogP contribution in [0.15, 0.2) is 21.3 Å². The minimum absolute atomic E-state index is 0.00597. The molecule has 0 aliphatic heterocycles. The summed E-state index contributed by atoms with van der Waals surface area (Å²) in [6.07, 6.45) is 0. The summed E-state index contributed by atoms with van der Waals surface area (Å²) < 4.78 is 25.8. The number of rotatable bonds is 3. The zero-order valence-electron chi connectivity index (χ0n) is 13.2. The van der Waals surface area contributed by atoms with Gasteiger partial charge in [0.15, 0.2) is 10.9 Å². The van der Waals surface area contributed by atoms with Gasteiger partial charge in [0.2, 0.25) is 0 Å². The van der Waals surface area contributed by atoms with Gasteiger partial charge in [0.1, 0.15) is 17.6 Å². The predicted molar refractivity (Wildman–Crippen MR) is 83.9 cm³/mol. The standard InChI is InChI=1S/C16H16ClFN2O3/c1-5-22-12-7-11(10(18)6-9(12)8-19)20-14(17)13(16(2,3)4)23-15(20)21/h6-7H,5H2,1-4H3. The first-order chi connectivity index (χ1) is 10.7. The maximum Gasteiger partial charge on any atom is 0.425 e. The maximum absolute atomic E-state index is 14.3. The highest BCUT2D eigenvalue weighted by atomic mass is 35.5. The maximum atomic E-state index is 14.3. The van der Waals surface area contributed by atoms with Crippen LogP contribution in [0.2, 0.25) is 5.15 Å². The average Bonchev–Trinajstić information content (AvgIpc) is 2.76. The molecule has 7 heteroatoms. The Morgan fingerprint density at radius 1 is 1.43 bits per heavy atom. The minimum atomic E-state index is -0.800. The number of ether oxygens (including phenoxy) is 1. The first-order valence-electron chi connectivity index (χ1n) is 6.99. The molecule has 122 valence electrons. The molecule has 2 rings (SSSR count). The van der Waals surface area contributed by atoms with E-state index in [0.717, 1.165) is 10.6 Å². The second-order valence-electron chi connectivity index (χ2n) is 5.92. The topological polar surface area (TPSA) is 68.2 Å². The van der Waals surface area contributed by atoms with Crippen molar-refractivity contribution in [3.05, 3.63) is 45.0 Å². The third-order valence-corrected chi connectivity index (χ3v) is 3.49. The Morgan fingerprint density at radius 3 is 2.57 bits per heavy atom. The molecule has 0 aliphatic rings. The van der Waals surface area contributed by atoms with E-state index in [1.165, 1.54) is 6.07 Å². The summed E-state index contributed by atoms with van der Waals surface area (Å²) in [5, 5.41) is 9.04. The van der Waals surface area contributed by atoms with Crippen LogP contribution in [0.3, 0.4) is 0 Å². The fourth-order valence-corrected chi connectivity index (χ4v) is 2.58. The van der Waals surface area contributed by atoms with Crippen molar-refractivity contribution in [2.75, 3.05) is 6.61 Å². The summed E-state index contributed by atoms with van der Waals surface area (Å²) in [5.74, 6) is -1.14. The quantitative estimate of drug-likeness (QED) is 0.853. The Balaban J connectivity index is 2.73. The van der Waals surface area contributed by atoms with E-state index in [-0.39, 0.29) is 27.9 Å². The Labute approximate surface area is 137 Å². The molecule has 0 unspecified atom stereocenters. The number of benzene rings is 1. The fourth-order valence-electron chi connectivity index (χ4n) is 2.10. The highest BCUT2D eigenvalue weighted by molar-refractivity contribution is 6.30. The third-order valence-electron chi connectivity index (χ3n) is 3.15. The van der Waals surface area contributed by atoms with Gasteiger partial charge < -0.3 is 9.15 Å². The Bertz CT molecular complexity index is 841. The van der Waals surface area contributed by atoms with Crippen LogP contribution in [-0.4, -0.2) is 11.2 Å². The lowest BCUT2D eigenvalue weighted by Gasteiger charge is -2.15. The van der Waals surface area contributed by atoms with Crippen molar-refractivity contribution >= 4 is 11.6 Å². The second kappa shape index (κ2) is 6.09. The number of hydrogen-bond acceptors (Lipinski definition) is 4. The van der Waals surface area contributed by atoms with Gasteiger partial charge in [-0.25, -0.2) is 13.8 Å². The molecule has 0 atom stereocenters. The summed E-state index contributed by atoms with van der Waals surface area (Å²) >= 11 is 6.22. The largest absolute Gasteiger partial charge is 0.492 e. The number of halogens is 2. The van der Waals surface area contributed by atoms with Crippen LogP contribution in [0.4, 0.5) is 4.39 Å². The normalized spacial score (nSPS) is 11.3. The van der Waals surface area contributed by atoms with E-state index in [1.807, 2.05) is 26.8 Å². The summed E-state index contributed by atoms with van der Waals surface area (Å²) in [6, 6.07) is 4.13. The second-order valence-corrected chi connectivity index (χ2v) is 6.28. The van der Waals surface area contributed by atoms with Gasteiger partial charge in [0.05, 0.1) is 17.9 Å². The highest BCUT2D eigenvalue weighted by Gasteiger charge is 2.28. The van der Waals surface area contributed by atoms with E-state index in [4.69, 9.17) is 26.0 Å². The van der Waals surface area contributed by atoms with Crippen LogP contribution >= 0.6 is 11.6 Å². The predicted octanol–water partition coefficient (Wildman–Crippen LogP) is 3.79. The van der Waals surface area contributed by atoms with Gasteiger partial charge >= 0.3 is 5.76 Å². The monoisotopic (exact) mass is 338 g/mol. The molecule has 0 radical (unpaired) electrons. The number of nitrogens with zero attached hydrogens (tertiary/aromatic N) is 2. The van der Waals surface area contributed by atoms with Gasteiger partial charge in [-0.15, -0.1) is 0 Å². The molecule has 0 amide bonds. The van der Waals surface area contributed by atoms with E-state index in [2.05, 4.69) is 0 Å². The molecule has 0 saturated carbocycles. The zero-order chi connectivity index (χ0) is 17.4. The number of oxazole rings is 1. The van der Waals surface area contributed by atoms with Gasteiger partial charge in [0, 0.05) is 11.5 Å². The smallest absolute Gasteiger partial charge is 0.425 e.